The van der Waals surface area contributed by atoms with E-state index in [9.17, 15) is 14.9 Å². The molecule has 25 heavy (non-hydrogen) atoms. The number of H-pyrrole nitrogens is 1. The predicted octanol–water partition coefficient (Wildman–Crippen LogP) is 2.67. The number of ether oxygens (including phenoxy) is 1. The van der Waals surface area contributed by atoms with Crippen LogP contribution in [0.5, 0.6) is 0 Å². The Bertz CT molecular complexity index is 889. The van der Waals surface area contributed by atoms with Crippen LogP contribution < -0.4 is 5.32 Å². The fourth-order valence-electron chi connectivity index (χ4n) is 2.43. The van der Waals surface area contributed by atoms with Crippen LogP contribution in [0.25, 0.3) is 10.9 Å². The number of benzene rings is 1. The number of rotatable bonds is 7. The number of carbonyl (C=O) groups is 1. The van der Waals surface area contributed by atoms with Gasteiger partial charge in [0.1, 0.15) is 18.6 Å². The minimum Gasteiger partial charge on any atom is -0.464 e. The summed E-state index contributed by atoms with van der Waals surface area (Å²) in [5.41, 5.74) is 1.80. The largest absolute Gasteiger partial charge is 0.464 e. The van der Waals surface area contributed by atoms with Crippen LogP contribution >= 0.6 is 0 Å². The quantitative estimate of drug-likeness (QED) is 0.296. The minimum atomic E-state index is -0.511. The molecule has 128 valence electrons. The first-order valence-corrected chi connectivity index (χ1v) is 7.68. The van der Waals surface area contributed by atoms with E-state index in [1.165, 1.54) is 18.3 Å². The van der Waals surface area contributed by atoms with Gasteiger partial charge in [0, 0.05) is 23.2 Å². The molecule has 8 nitrogen and oxygen atoms in total. The molecule has 1 aromatic carbocycles. The lowest BCUT2D eigenvalue weighted by Crippen LogP contribution is -2.15. The van der Waals surface area contributed by atoms with Crippen LogP contribution in [0.15, 0.2) is 48.8 Å². The van der Waals surface area contributed by atoms with Gasteiger partial charge in [-0.1, -0.05) is 18.2 Å². The number of nitrogens with zero attached hydrogens (tertiary/aromatic N) is 2. The molecular weight excluding hydrogens is 324 g/mol. The Hall–Kier alpha value is -3.42. The lowest BCUT2D eigenvalue weighted by Gasteiger charge is -2.06. The van der Waals surface area contributed by atoms with Crippen molar-refractivity contribution in [3.8, 4) is 0 Å². The Morgan fingerprint density at radius 3 is 2.88 bits per heavy atom. The van der Waals surface area contributed by atoms with Crippen molar-refractivity contribution in [1.29, 1.82) is 0 Å². The third-order valence-electron chi connectivity index (χ3n) is 3.64. The molecule has 0 fully saturated rings. The molecule has 3 aromatic rings. The van der Waals surface area contributed by atoms with Crippen molar-refractivity contribution in [3.63, 3.8) is 0 Å². The molecule has 0 radical (unpaired) electrons. The molecule has 8 heteroatoms. The highest BCUT2D eigenvalue weighted by Crippen LogP contribution is 2.18. The topological polar surface area (TPSA) is 110 Å². The van der Waals surface area contributed by atoms with Gasteiger partial charge in [-0.15, -0.1) is 0 Å². The Morgan fingerprint density at radius 2 is 2.12 bits per heavy atom. The van der Waals surface area contributed by atoms with Crippen molar-refractivity contribution in [2.24, 2.45) is 0 Å². The number of aromatic nitrogens is 2. The molecule has 2 aromatic heterocycles. The van der Waals surface area contributed by atoms with E-state index in [4.69, 9.17) is 4.74 Å². The van der Waals surface area contributed by atoms with Gasteiger partial charge in [-0.05, 0) is 17.7 Å². The number of esters is 1. The molecule has 0 unspecified atom stereocenters. The van der Waals surface area contributed by atoms with Crippen LogP contribution in [0, 0.1) is 10.1 Å². The van der Waals surface area contributed by atoms with Gasteiger partial charge in [0.15, 0.2) is 0 Å². The van der Waals surface area contributed by atoms with E-state index < -0.39 is 4.92 Å². The van der Waals surface area contributed by atoms with E-state index in [2.05, 4.69) is 15.3 Å². The summed E-state index contributed by atoms with van der Waals surface area (Å²) < 4.78 is 5.20. The molecule has 0 aliphatic heterocycles. The molecule has 0 saturated carbocycles. The average molecular weight is 340 g/mol. The van der Waals surface area contributed by atoms with Gasteiger partial charge in [-0.25, -0.2) is 4.98 Å². The molecule has 3 rings (SSSR count). The molecule has 2 heterocycles. The second-order valence-corrected chi connectivity index (χ2v) is 5.34. The summed E-state index contributed by atoms with van der Waals surface area (Å²) in [6.07, 6.45) is 3.18. The molecule has 0 bridgehead atoms. The van der Waals surface area contributed by atoms with E-state index in [-0.39, 0.29) is 24.7 Å². The maximum atomic E-state index is 11.9. The number of nitro groups is 1. The number of fused-ring (bicyclic) bond motifs is 1. The summed E-state index contributed by atoms with van der Waals surface area (Å²) in [4.78, 5) is 29.0. The fourth-order valence-corrected chi connectivity index (χ4v) is 2.43. The summed E-state index contributed by atoms with van der Waals surface area (Å²) >= 11 is 0. The number of pyridine rings is 1. The number of carbonyl (C=O) groups excluding carboxylic acids is 1. The highest BCUT2D eigenvalue weighted by Gasteiger charge is 2.09. The molecule has 0 spiro atoms. The summed E-state index contributed by atoms with van der Waals surface area (Å²) in [6, 6.07) is 10.6. The van der Waals surface area contributed by atoms with Crippen molar-refractivity contribution in [2.45, 2.75) is 6.42 Å². The summed E-state index contributed by atoms with van der Waals surface area (Å²) in [6.45, 7) is 0.546. The Balaban J connectivity index is 1.44. The molecular formula is C17H16N4O4. The van der Waals surface area contributed by atoms with Crippen LogP contribution in [0.4, 0.5) is 11.5 Å². The molecule has 0 aliphatic carbocycles. The molecule has 0 atom stereocenters. The molecule has 0 saturated heterocycles. The van der Waals surface area contributed by atoms with Crippen molar-refractivity contribution in [1.82, 2.24) is 9.97 Å². The smallest absolute Gasteiger partial charge is 0.310 e. The monoisotopic (exact) mass is 340 g/mol. The van der Waals surface area contributed by atoms with Gasteiger partial charge < -0.3 is 15.0 Å². The van der Waals surface area contributed by atoms with E-state index in [0.29, 0.717) is 12.4 Å². The van der Waals surface area contributed by atoms with Gasteiger partial charge in [-0.3, -0.25) is 14.9 Å². The number of anilines is 1. The number of hydrogen-bond acceptors (Lipinski definition) is 6. The van der Waals surface area contributed by atoms with Gasteiger partial charge in [-0.2, -0.15) is 0 Å². The van der Waals surface area contributed by atoms with E-state index in [0.717, 1.165) is 16.5 Å². The molecule has 0 aliphatic rings. The first kappa shape index (κ1) is 16.4. The van der Waals surface area contributed by atoms with Crippen molar-refractivity contribution in [3.05, 3.63) is 64.5 Å². The lowest BCUT2D eigenvalue weighted by molar-refractivity contribution is -0.385. The van der Waals surface area contributed by atoms with Crippen molar-refractivity contribution >= 4 is 28.4 Å². The third kappa shape index (κ3) is 4.11. The van der Waals surface area contributed by atoms with Crippen LogP contribution in [-0.2, 0) is 16.0 Å². The Kier molecular flexibility index (Phi) is 4.89. The Morgan fingerprint density at radius 1 is 1.28 bits per heavy atom. The normalized spacial score (nSPS) is 10.6. The second-order valence-electron chi connectivity index (χ2n) is 5.34. The van der Waals surface area contributed by atoms with Gasteiger partial charge in [0.25, 0.3) is 5.69 Å². The first-order valence-electron chi connectivity index (χ1n) is 7.68. The molecule has 2 N–H and O–H groups in total. The van der Waals surface area contributed by atoms with Crippen molar-refractivity contribution < 1.29 is 14.5 Å². The highest BCUT2D eigenvalue weighted by atomic mass is 16.6. The van der Waals surface area contributed by atoms with Crippen LogP contribution in [0.1, 0.15) is 5.56 Å². The fraction of sp³-hybridized carbons (Fsp3) is 0.176. The number of hydrogen-bond donors (Lipinski definition) is 2. The predicted molar refractivity (Wildman–Crippen MR) is 92.3 cm³/mol. The Labute approximate surface area is 143 Å². The van der Waals surface area contributed by atoms with E-state index in [1.54, 1.807) is 0 Å². The van der Waals surface area contributed by atoms with Crippen LogP contribution in [0.3, 0.4) is 0 Å². The zero-order chi connectivity index (χ0) is 17.6. The van der Waals surface area contributed by atoms with E-state index in [1.807, 2.05) is 30.5 Å². The lowest BCUT2D eigenvalue weighted by atomic mass is 10.1. The van der Waals surface area contributed by atoms with Crippen LogP contribution in [0.2, 0.25) is 0 Å². The number of aromatic amines is 1. The second kappa shape index (κ2) is 7.43. The number of para-hydroxylation sites is 1. The van der Waals surface area contributed by atoms with Gasteiger partial charge >= 0.3 is 5.97 Å². The average Bonchev–Trinajstić information content (AvgIpc) is 3.02. The van der Waals surface area contributed by atoms with E-state index >= 15 is 0 Å². The first-order chi connectivity index (χ1) is 12.1. The standard InChI is InChI=1S/C17H16N4O4/c22-17(9-12-10-19-15-4-2-1-3-14(12)15)25-8-7-18-16-6-5-13(11-20-16)21(23)24/h1-6,10-11,19H,7-9H2,(H,18,20). The zero-order valence-corrected chi connectivity index (χ0v) is 13.3. The minimum absolute atomic E-state index is 0.0734. The molecule has 0 amide bonds. The summed E-state index contributed by atoms with van der Waals surface area (Å²) in [5, 5.41) is 14.5. The van der Waals surface area contributed by atoms with Crippen molar-refractivity contribution in [2.75, 3.05) is 18.5 Å². The van der Waals surface area contributed by atoms with Gasteiger partial charge in [0.2, 0.25) is 0 Å². The van der Waals surface area contributed by atoms with Gasteiger partial charge in [0.05, 0.1) is 17.9 Å². The third-order valence-corrected chi connectivity index (χ3v) is 3.64. The summed E-state index contributed by atoms with van der Waals surface area (Å²) in [7, 11) is 0. The SMILES string of the molecule is O=C(Cc1c[nH]c2ccccc12)OCCNc1ccc([N+](=O)[O-])cn1. The van der Waals surface area contributed by atoms with Crippen LogP contribution in [-0.4, -0.2) is 34.0 Å². The maximum absolute atomic E-state index is 11.9. The summed E-state index contributed by atoms with van der Waals surface area (Å²) in [5.74, 6) is 0.168. The zero-order valence-electron chi connectivity index (χ0n) is 13.3. The maximum Gasteiger partial charge on any atom is 0.310 e. The highest BCUT2D eigenvalue weighted by molar-refractivity contribution is 5.87. The number of nitrogens with one attached hydrogen (secondary N) is 2.